The molecule has 0 N–H and O–H groups in total. The molecule has 0 fully saturated rings. The molecule has 0 aromatic heterocycles. The number of benzene rings is 2. The maximum atomic E-state index is 12.2. The van der Waals surface area contributed by atoms with Gasteiger partial charge in [0.05, 0.1) is 4.90 Å². The van der Waals surface area contributed by atoms with Crippen molar-refractivity contribution in [3.8, 4) is 0 Å². The van der Waals surface area contributed by atoms with Crippen LogP contribution in [-0.2, 0) is 9.84 Å². The first-order valence-corrected chi connectivity index (χ1v) is 8.83. The molecule has 3 nitrogen and oxygen atoms in total. The molecule has 0 aliphatic carbocycles. The number of rotatable bonds is 4. The molecule has 0 atom stereocenters. The minimum absolute atomic E-state index is 0.155. The van der Waals surface area contributed by atoms with Gasteiger partial charge in [-0.3, -0.25) is 4.79 Å². The standard InChI is InChI=1S/C16H15BrO3S/c1-11-3-4-13(9-12(11)2)16(18)10-21(19,20)15-7-5-14(17)6-8-15/h3-9H,10H2,1-2H3. The first-order valence-electron chi connectivity index (χ1n) is 6.38. The highest BCUT2D eigenvalue weighted by Crippen LogP contribution is 2.18. The van der Waals surface area contributed by atoms with Crippen LogP contribution < -0.4 is 0 Å². The molecule has 0 aliphatic heterocycles. The number of carbonyl (C=O) groups excluding carboxylic acids is 1. The average molecular weight is 367 g/mol. The third-order valence-corrected chi connectivity index (χ3v) is 5.48. The van der Waals surface area contributed by atoms with Crippen LogP contribution >= 0.6 is 15.9 Å². The predicted octanol–water partition coefficient (Wildman–Crippen LogP) is 3.72. The molecule has 0 radical (unpaired) electrons. The highest BCUT2D eigenvalue weighted by molar-refractivity contribution is 9.10. The molecule has 0 heterocycles. The maximum absolute atomic E-state index is 12.2. The fourth-order valence-corrected chi connectivity index (χ4v) is 3.39. The molecule has 2 rings (SSSR count). The van der Waals surface area contributed by atoms with E-state index in [0.29, 0.717) is 5.56 Å². The summed E-state index contributed by atoms with van der Waals surface area (Å²) in [5.74, 6) is -0.905. The van der Waals surface area contributed by atoms with Crippen molar-refractivity contribution in [2.24, 2.45) is 0 Å². The van der Waals surface area contributed by atoms with Crippen LogP contribution in [0.25, 0.3) is 0 Å². The summed E-state index contributed by atoms with van der Waals surface area (Å²) < 4.78 is 25.3. The number of hydrogen-bond acceptors (Lipinski definition) is 3. The van der Waals surface area contributed by atoms with Gasteiger partial charge in [0.25, 0.3) is 0 Å². The molecule has 0 spiro atoms. The molecule has 0 bridgehead atoms. The Labute approximate surface area is 133 Å². The number of Topliss-reactive ketones (excluding diaryl/α,β-unsaturated/α-hetero) is 1. The first kappa shape index (κ1) is 15.9. The number of carbonyl (C=O) groups is 1. The molecule has 21 heavy (non-hydrogen) atoms. The third-order valence-electron chi connectivity index (χ3n) is 3.32. The van der Waals surface area contributed by atoms with Crippen molar-refractivity contribution in [3.63, 3.8) is 0 Å². The summed E-state index contributed by atoms with van der Waals surface area (Å²) in [6, 6.07) is 11.5. The van der Waals surface area contributed by atoms with E-state index in [-0.39, 0.29) is 10.7 Å². The smallest absolute Gasteiger partial charge is 0.185 e. The zero-order valence-corrected chi connectivity index (χ0v) is 14.2. The number of hydrogen-bond donors (Lipinski definition) is 0. The summed E-state index contributed by atoms with van der Waals surface area (Å²) in [6.45, 7) is 3.84. The van der Waals surface area contributed by atoms with Crippen molar-refractivity contribution in [2.45, 2.75) is 18.7 Å². The molecule has 2 aromatic rings. The van der Waals surface area contributed by atoms with Gasteiger partial charge in [-0.2, -0.15) is 0 Å². The summed E-state index contributed by atoms with van der Waals surface area (Å²) in [5, 5.41) is 0. The monoisotopic (exact) mass is 366 g/mol. The number of sulfone groups is 1. The topological polar surface area (TPSA) is 51.2 Å². The SMILES string of the molecule is Cc1ccc(C(=O)CS(=O)(=O)c2ccc(Br)cc2)cc1C. The molecule has 0 saturated carbocycles. The lowest BCUT2D eigenvalue weighted by Gasteiger charge is -2.06. The van der Waals surface area contributed by atoms with Gasteiger partial charge >= 0.3 is 0 Å². The number of ketones is 1. The summed E-state index contributed by atoms with van der Waals surface area (Å²) in [7, 11) is -3.62. The van der Waals surface area contributed by atoms with E-state index in [1.54, 1.807) is 24.3 Å². The van der Waals surface area contributed by atoms with E-state index in [1.807, 2.05) is 19.9 Å². The average Bonchev–Trinajstić information content (AvgIpc) is 2.41. The van der Waals surface area contributed by atoms with Gasteiger partial charge in [-0.05, 0) is 55.3 Å². The fourth-order valence-electron chi connectivity index (χ4n) is 1.90. The van der Waals surface area contributed by atoms with E-state index in [1.165, 1.54) is 12.1 Å². The van der Waals surface area contributed by atoms with E-state index in [9.17, 15) is 13.2 Å². The summed E-state index contributed by atoms with van der Waals surface area (Å²) in [5.41, 5.74) is 2.47. The Morgan fingerprint density at radius 1 is 1.00 bits per heavy atom. The Morgan fingerprint density at radius 3 is 2.19 bits per heavy atom. The van der Waals surface area contributed by atoms with Crippen molar-refractivity contribution < 1.29 is 13.2 Å². The number of halogens is 1. The fraction of sp³-hybridized carbons (Fsp3) is 0.188. The summed E-state index contributed by atoms with van der Waals surface area (Å²) >= 11 is 3.25. The summed E-state index contributed by atoms with van der Waals surface area (Å²) in [4.78, 5) is 12.3. The Balaban J connectivity index is 2.25. The van der Waals surface area contributed by atoms with Crippen molar-refractivity contribution in [1.82, 2.24) is 0 Å². The van der Waals surface area contributed by atoms with Crippen LogP contribution in [0.15, 0.2) is 51.8 Å². The van der Waals surface area contributed by atoms with Gasteiger partial charge in [0.2, 0.25) is 0 Å². The summed E-state index contributed by atoms with van der Waals surface area (Å²) in [6.07, 6.45) is 0. The van der Waals surface area contributed by atoms with Crippen LogP contribution in [0, 0.1) is 13.8 Å². The van der Waals surface area contributed by atoms with Crippen LogP contribution in [-0.4, -0.2) is 20.0 Å². The van der Waals surface area contributed by atoms with Crippen LogP contribution in [0.2, 0.25) is 0 Å². The van der Waals surface area contributed by atoms with Gasteiger partial charge in [-0.25, -0.2) is 8.42 Å². The second-order valence-corrected chi connectivity index (χ2v) is 7.84. The van der Waals surface area contributed by atoms with Crippen molar-refractivity contribution >= 4 is 31.6 Å². The van der Waals surface area contributed by atoms with Crippen LogP contribution in [0.5, 0.6) is 0 Å². The van der Waals surface area contributed by atoms with Gasteiger partial charge < -0.3 is 0 Å². The van der Waals surface area contributed by atoms with Gasteiger partial charge in [0.1, 0.15) is 5.75 Å². The molecule has 0 aliphatic rings. The predicted molar refractivity (Wildman–Crippen MR) is 86.4 cm³/mol. The Hall–Kier alpha value is -1.46. The van der Waals surface area contributed by atoms with E-state index in [2.05, 4.69) is 15.9 Å². The largest absolute Gasteiger partial charge is 0.293 e. The van der Waals surface area contributed by atoms with E-state index in [0.717, 1.165) is 15.6 Å². The zero-order chi connectivity index (χ0) is 15.6. The zero-order valence-electron chi connectivity index (χ0n) is 11.8. The lowest BCUT2D eigenvalue weighted by molar-refractivity contribution is 0.102. The van der Waals surface area contributed by atoms with E-state index < -0.39 is 15.6 Å². The van der Waals surface area contributed by atoms with Gasteiger partial charge in [0, 0.05) is 10.0 Å². The van der Waals surface area contributed by atoms with Crippen LogP contribution in [0.1, 0.15) is 21.5 Å². The molecular formula is C16H15BrO3S. The molecule has 0 unspecified atom stereocenters. The van der Waals surface area contributed by atoms with E-state index in [4.69, 9.17) is 0 Å². The minimum Gasteiger partial charge on any atom is -0.293 e. The van der Waals surface area contributed by atoms with E-state index >= 15 is 0 Å². The normalized spacial score (nSPS) is 11.4. The Kier molecular flexibility index (Phi) is 4.64. The first-order chi connectivity index (χ1) is 9.79. The molecule has 2 aromatic carbocycles. The Bertz CT molecular complexity index is 778. The van der Waals surface area contributed by atoms with Gasteiger partial charge in [0.15, 0.2) is 15.6 Å². The Morgan fingerprint density at radius 2 is 1.62 bits per heavy atom. The van der Waals surface area contributed by atoms with Crippen molar-refractivity contribution in [1.29, 1.82) is 0 Å². The maximum Gasteiger partial charge on any atom is 0.185 e. The second-order valence-electron chi connectivity index (χ2n) is 4.94. The molecule has 5 heteroatoms. The molecular weight excluding hydrogens is 352 g/mol. The highest BCUT2D eigenvalue weighted by atomic mass is 79.9. The van der Waals surface area contributed by atoms with Gasteiger partial charge in [-0.1, -0.05) is 28.1 Å². The lowest BCUT2D eigenvalue weighted by Crippen LogP contribution is -2.16. The molecule has 0 saturated heterocycles. The van der Waals surface area contributed by atoms with Crippen LogP contribution in [0.3, 0.4) is 0 Å². The quantitative estimate of drug-likeness (QED) is 0.774. The molecule has 0 amide bonds. The number of aryl methyl sites for hydroxylation is 2. The van der Waals surface area contributed by atoms with Gasteiger partial charge in [-0.15, -0.1) is 0 Å². The molecule has 110 valence electrons. The lowest BCUT2D eigenvalue weighted by atomic mass is 10.0. The van der Waals surface area contributed by atoms with Crippen LogP contribution in [0.4, 0.5) is 0 Å². The van der Waals surface area contributed by atoms with Crippen molar-refractivity contribution in [3.05, 3.63) is 63.6 Å². The highest BCUT2D eigenvalue weighted by Gasteiger charge is 2.20. The third kappa shape index (κ3) is 3.80. The second kappa shape index (κ2) is 6.12. The van der Waals surface area contributed by atoms with Crippen molar-refractivity contribution in [2.75, 3.05) is 5.75 Å². The minimum atomic E-state index is -3.62.